The summed E-state index contributed by atoms with van der Waals surface area (Å²) in [7, 11) is 1.72. The fourth-order valence-corrected chi connectivity index (χ4v) is 3.82. The van der Waals surface area contributed by atoms with E-state index in [1.54, 1.807) is 29.0 Å². The van der Waals surface area contributed by atoms with Crippen molar-refractivity contribution in [3.63, 3.8) is 0 Å². The third-order valence-corrected chi connectivity index (χ3v) is 5.63. The highest BCUT2D eigenvalue weighted by atomic mass is 16.6. The Balaban J connectivity index is 1.66. The second-order valence-electron chi connectivity index (χ2n) is 7.77. The smallest absolute Gasteiger partial charge is 0.293 e. The van der Waals surface area contributed by atoms with E-state index in [4.69, 9.17) is 0 Å². The van der Waals surface area contributed by atoms with Crippen LogP contribution in [0.4, 0.5) is 11.4 Å². The molecular formula is C23H28N4O4. The van der Waals surface area contributed by atoms with Crippen LogP contribution in [0.5, 0.6) is 0 Å². The Morgan fingerprint density at radius 3 is 2.35 bits per heavy atom. The summed E-state index contributed by atoms with van der Waals surface area (Å²) in [5, 5.41) is 11.7. The van der Waals surface area contributed by atoms with Gasteiger partial charge in [0.2, 0.25) is 5.91 Å². The standard InChI is InChI=1S/C23H28N4O4/c1-18(28)25-13-15-26(16-14-25)21-11-10-20(17-22(21)27(30)31)23(29)24(2)12-6-9-19-7-4-3-5-8-19/h3-5,7-8,10-11,17H,6,9,12-16H2,1-2H3. The number of carbonyl (C=O) groups excluding carboxylic acids is 2. The number of nitrogens with zero attached hydrogens (tertiary/aromatic N) is 4. The number of carbonyl (C=O) groups is 2. The van der Waals surface area contributed by atoms with Crippen molar-refractivity contribution < 1.29 is 14.5 Å². The van der Waals surface area contributed by atoms with Crippen molar-refractivity contribution in [1.82, 2.24) is 9.80 Å². The molecule has 0 N–H and O–H groups in total. The molecule has 2 aromatic rings. The zero-order valence-electron chi connectivity index (χ0n) is 18.0. The minimum atomic E-state index is -0.446. The van der Waals surface area contributed by atoms with Gasteiger partial charge in [0.1, 0.15) is 5.69 Å². The van der Waals surface area contributed by atoms with E-state index in [1.807, 2.05) is 23.1 Å². The Hall–Kier alpha value is -3.42. The van der Waals surface area contributed by atoms with Crippen molar-refractivity contribution in [2.45, 2.75) is 19.8 Å². The van der Waals surface area contributed by atoms with Gasteiger partial charge in [-0.25, -0.2) is 0 Å². The molecule has 8 nitrogen and oxygen atoms in total. The van der Waals surface area contributed by atoms with Crippen molar-refractivity contribution in [2.75, 3.05) is 44.7 Å². The molecule has 2 aromatic carbocycles. The first-order valence-electron chi connectivity index (χ1n) is 10.4. The van der Waals surface area contributed by atoms with E-state index in [2.05, 4.69) is 12.1 Å². The van der Waals surface area contributed by atoms with E-state index in [0.29, 0.717) is 44.0 Å². The van der Waals surface area contributed by atoms with Crippen LogP contribution >= 0.6 is 0 Å². The van der Waals surface area contributed by atoms with Crippen molar-refractivity contribution >= 4 is 23.2 Å². The van der Waals surface area contributed by atoms with Crippen LogP contribution in [0.1, 0.15) is 29.3 Å². The number of nitro benzene ring substituents is 1. The van der Waals surface area contributed by atoms with Crippen molar-refractivity contribution in [1.29, 1.82) is 0 Å². The quantitative estimate of drug-likeness (QED) is 0.504. The van der Waals surface area contributed by atoms with Crippen LogP contribution in [0.3, 0.4) is 0 Å². The van der Waals surface area contributed by atoms with Crippen LogP contribution in [0.2, 0.25) is 0 Å². The Morgan fingerprint density at radius 2 is 1.74 bits per heavy atom. The molecule has 0 aliphatic carbocycles. The number of hydrogen-bond acceptors (Lipinski definition) is 5. The monoisotopic (exact) mass is 424 g/mol. The molecule has 2 amide bonds. The van der Waals surface area contributed by atoms with Crippen LogP contribution in [0.15, 0.2) is 48.5 Å². The van der Waals surface area contributed by atoms with Gasteiger partial charge >= 0.3 is 0 Å². The zero-order valence-corrected chi connectivity index (χ0v) is 18.0. The molecule has 0 unspecified atom stereocenters. The summed E-state index contributed by atoms with van der Waals surface area (Å²) in [6.45, 7) is 4.18. The second kappa shape index (κ2) is 10.1. The first-order valence-corrected chi connectivity index (χ1v) is 10.4. The topological polar surface area (TPSA) is 87.0 Å². The van der Waals surface area contributed by atoms with E-state index in [1.165, 1.54) is 18.6 Å². The number of hydrogen-bond donors (Lipinski definition) is 0. The maximum atomic E-state index is 12.8. The molecule has 1 heterocycles. The number of anilines is 1. The zero-order chi connectivity index (χ0) is 22.4. The van der Waals surface area contributed by atoms with E-state index in [9.17, 15) is 19.7 Å². The lowest BCUT2D eigenvalue weighted by molar-refractivity contribution is -0.384. The maximum absolute atomic E-state index is 12.8. The average molecular weight is 425 g/mol. The summed E-state index contributed by atoms with van der Waals surface area (Å²) >= 11 is 0. The molecule has 0 radical (unpaired) electrons. The van der Waals surface area contributed by atoms with Crippen molar-refractivity contribution in [3.8, 4) is 0 Å². The molecule has 1 aliphatic heterocycles. The lowest BCUT2D eigenvalue weighted by Gasteiger charge is -2.35. The molecular weight excluding hydrogens is 396 g/mol. The minimum Gasteiger partial charge on any atom is -0.362 e. The molecule has 164 valence electrons. The number of aryl methyl sites for hydroxylation is 1. The molecule has 0 saturated carbocycles. The van der Waals surface area contributed by atoms with Gasteiger partial charge in [-0.15, -0.1) is 0 Å². The maximum Gasteiger partial charge on any atom is 0.293 e. The number of piperazine rings is 1. The molecule has 0 spiro atoms. The molecule has 0 aromatic heterocycles. The van der Waals surface area contributed by atoms with Gasteiger partial charge in [0.15, 0.2) is 0 Å². The summed E-state index contributed by atoms with van der Waals surface area (Å²) in [6.07, 6.45) is 1.68. The number of rotatable bonds is 7. The van der Waals surface area contributed by atoms with Gasteiger partial charge in [-0.05, 0) is 30.5 Å². The molecule has 8 heteroatoms. The van der Waals surface area contributed by atoms with E-state index >= 15 is 0 Å². The first kappa shape index (κ1) is 22.3. The van der Waals surface area contributed by atoms with Gasteiger partial charge in [-0.3, -0.25) is 19.7 Å². The highest BCUT2D eigenvalue weighted by Gasteiger charge is 2.26. The van der Waals surface area contributed by atoms with Gasteiger partial charge in [0, 0.05) is 58.3 Å². The molecule has 0 atom stereocenters. The minimum absolute atomic E-state index is 0.00500. The number of amides is 2. The molecule has 31 heavy (non-hydrogen) atoms. The lowest BCUT2D eigenvalue weighted by Crippen LogP contribution is -2.48. The second-order valence-corrected chi connectivity index (χ2v) is 7.77. The van der Waals surface area contributed by atoms with E-state index < -0.39 is 4.92 Å². The van der Waals surface area contributed by atoms with Crippen LogP contribution in [0, 0.1) is 10.1 Å². The fraction of sp³-hybridized carbons (Fsp3) is 0.391. The fourth-order valence-electron chi connectivity index (χ4n) is 3.82. The van der Waals surface area contributed by atoms with E-state index in [-0.39, 0.29) is 17.5 Å². The molecule has 3 rings (SSSR count). The highest BCUT2D eigenvalue weighted by molar-refractivity contribution is 5.95. The van der Waals surface area contributed by atoms with E-state index in [0.717, 1.165) is 12.8 Å². The van der Waals surface area contributed by atoms with Gasteiger partial charge in [-0.1, -0.05) is 30.3 Å². The Bertz CT molecular complexity index is 940. The van der Waals surface area contributed by atoms with Gasteiger partial charge in [0.25, 0.3) is 11.6 Å². The summed E-state index contributed by atoms with van der Waals surface area (Å²) in [5.41, 5.74) is 1.92. The third-order valence-electron chi connectivity index (χ3n) is 5.63. The van der Waals surface area contributed by atoms with Gasteiger partial charge in [-0.2, -0.15) is 0 Å². The van der Waals surface area contributed by atoms with Crippen molar-refractivity contribution in [3.05, 3.63) is 69.8 Å². The largest absolute Gasteiger partial charge is 0.362 e. The molecule has 1 saturated heterocycles. The Labute approximate surface area is 182 Å². The SMILES string of the molecule is CC(=O)N1CCN(c2ccc(C(=O)N(C)CCCc3ccccc3)cc2[N+](=O)[O-])CC1. The highest BCUT2D eigenvalue weighted by Crippen LogP contribution is 2.30. The summed E-state index contributed by atoms with van der Waals surface area (Å²) in [5.74, 6) is -0.227. The number of nitro groups is 1. The summed E-state index contributed by atoms with van der Waals surface area (Å²) in [4.78, 5) is 40.8. The number of benzene rings is 2. The van der Waals surface area contributed by atoms with Crippen LogP contribution < -0.4 is 4.90 Å². The Morgan fingerprint density at radius 1 is 1.06 bits per heavy atom. The average Bonchev–Trinajstić information content (AvgIpc) is 2.78. The normalized spacial score (nSPS) is 13.7. The first-order chi connectivity index (χ1) is 14.9. The van der Waals surface area contributed by atoms with Crippen LogP contribution in [-0.4, -0.2) is 66.3 Å². The Kier molecular flexibility index (Phi) is 7.23. The van der Waals surface area contributed by atoms with Crippen LogP contribution in [0.25, 0.3) is 0 Å². The third kappa shape index (κ3) is 5.59. The molecule has 1 aliphatic rings. The molecule has 0 bridgehead atoms. The van der Waals surface area contributed by atoms with Crippen molar-refractivity contribution in [2.24, 2.45) is 0 Å². The summed E-state index contributed by atoms with van der Waals surface area (Å²) in [6, 6.07) is 14.7. The predicted octanol–water partition coefficient (Wildman–Crippen LogP) is 2.97. The van der Waals surface area contributed by atoms with Gasteiger partial charge < -0.3 is 14.7 Å². The van der Waals surface area contributed by atoms with Gasteiger partial charge in [0.05, 0.1) is 4.92 Å². The predicted molar refractivity (Wildman–Crippen MR) is 119 cm³/mol. The molecule has 1 fully saturated rings. The summed E-state index contributed by atoms with van der Waals surface area (Å²) < 4.78 is 0. The van der Waals surface area contributed by atoms with Crippen LogP contribution in [-0.2, 0) is 11.2 Å². The lowest BCUT2D eigenvalue weighted by atomic mass is 10.1.